The first-order chi connectivity index (χ1) is 9.48. The molecule has 0 saturated carbocycles. The van der Waals surface area contributed by atoms with Gasteiger partial charge in [0.25, 0.3) is 0 Å². The molecule has 0 aliphatic rings. The molecule has 110 valence electrons. The summed E-state index contributed by atoms with van der Waals surface area (Å²) in [6.07, 6.45) is -0.0806. The van der Waals surface area contributed by atoms with E-state index in [4.69, 9.17) is 9.84 Å². The Kier molecular flexibility index (Phi) is 5.64. The average molecular weight is 284 g/mol. The van der Waals surface area contributed by atoms with Crippen molar-refractivity contribution in [2.45, 2.75) is 25.2 Å². The molecule has 0 heterocycles. The maximum Gasteiger partial charge on any atom is 0.328 e. The number of carbonyl (C=O) groups excluding carboxylic acids is 1. The van der Waals surface area contributed by atoms with E-state index in [1.807, 2.05) is 0 Å². The van der Waals surface area contributed by atoms with Crippen LogP contribution in [0.5, 0.6) is 0 Å². The smallest absolute Gasteiger partial charge is 0.328 e. The third-order valence-corrected chi connectivity index (χ3v) is 3.02. The SMILES string of the molecule is CCOC(=O)C(CCCO)(C(=O)O)c1cccc(F)c1. The molecule has 1 rings (SSSR count). The second kappa shape index (κ2) is 7.00. The molecule has 6 heteroatoms. The van der Waals surface area contributed by atoms with Gasteiger partial charge in [-0.15, -0.1) is 0 Å². The predicted molar refractivity (Wildman–Crippen MR) is 68.7 cm³/mol. The maximum atomic E-state index is 13.3. The Labute approximate surface area is 116 Å². The van der Waals surface area contributed by atoms with Crippen molar-refractivity contribution in [3.05, 3.63) is 35.6 Å². The van der Waals surface area contributed by atoms with E-state index >= 15 is 0 Å². The first-order valence-electron chi connectivity index (χ1n) is 6.26. The molecule has 0 spiro atoms. The molecule has 5 nitrogen and oxygen atoms in total. The number of carboxylic acids is 1. The lowest BCUT2D eigenvalue weighted by atomic mass is 9.76. The minimum Gasteiger partial charge on any atom is -0.480 e. The van der Waals surface area contributed by atoms with Crippen LogP contribution in [-0.2, 0) is 19.7 Å². The Morgan fingerprint density at radius 1 is 1.40 bits per heavy atom. The number of halogens is 1. The van der Waals surface area contributed by atoms with Gasteiger partial charge in [0, 0.05) is 6.61 Å². The van der Waals surface area contributed by atoms with Crippen LogP contribution < -0.4 is 0 Å². The Morgan fingerprint density at radius 2 is 2.10 bits per heavy atom. The molecule has 0 aliphatic carbocycles. The van der Waals surface area contributed by atoms with Gasteiger partial charge >= 0.3 is 11.9 Å². The van der Waals surface area contributed by atoms with E-state index in [9.17, 15) is 19.1 Å². The zero-order chi connectivity index (χ0) is 15.2. The number of aliphatic carboxylic acids is 1. The van der Waals surface area contributed by atoms with Crippen molar-refractivity contribution >= 4 is 11.9 Å². The molecular formula is C14H17FO5. The van der Waals surface area contributed by atoms with E-state index in [1.54, 1.807) is 6.92 Å². The monoisotopic (exact) mass is 284 g/mol. The summed E-state index contributed by atoms with van der Waals surface area (Å²) in [5, 5.41) is 18.4. The van der Waals surface area contributed by atoms with Crippen molar-refractivity contribution in [1.29, 1.82) is 0 Å². The molecule has 0 saturated heterocycles. The Morgan fingerprint density at radius 3 is 2.60 bits per heavy atom. The Hall–Kier alpha value is -1.95. The van der Waals surface area contributed by atoms with Gasteiger partial charge in [0.05, 0.1) is 6.61 Å². The Balaban J connectivity index is 3.36. The van der Waals surface area contributed by atoms with Crippen LogP contribution in [0.1, 0.15) is 25.3 Å². The van der Waals surface area contributed by atoms with Gasteiger partial charge in [0.2, 0.25) is 0 Å². The summed E-state index contributed by atoms with van der Waals surface area (Å²) in [6.45, 7) is 1.30. The van der Waals surface area contributed by atoms with Gasteiger partial charge in [-0.25, -0.2) is 4.39 Å². The summed E-state index contributed by atoms with van der Waals surface area (Å²) in [5.41, 5.74) is -1.99. The summed E-state index contributed by atoms with van der Waals surface area (Å²) in [5.74, 6) is -3.01. The molecule has 0 radical (unpaired) electrons. The number of carboxylic acid groups (broad SMARTS) is 1. The molecule has 0 fully saturated rings. The largest absolute Gasteiger partial charge is 0.480 e. The van der Waals surface area contributed by atoms with Crippen molar-refractivity contribution in [2.24, 2.45) is 0 Å². The van der Waals surface area contributed by atoms with Crippen LogP contribution in [0.15, 0.2) is 24.3 Å². The number of benzene rings is 1. The van der Waals surface area contributed by atoms with E-state index in [2.05, 4.69) is 0 Å². The van der Waals surface area contributed by atoms with Crippen molar-refractivity contribution in [3.63, 3.8) is 0 Å². The van der Waals surface area contributed by atoms with Gasteiger partial charge in [-0.05, 0) is 37.5 Å². The van der Waals surface area contributed by atoms with Crippen LogP contribution in [0.2, 0.25) is 0 Å². The van der Waals surface area contributed by atoms with Gasteiger partial charge < -0.3 is 14.9 Å². The summed E-state index contributed by atoms with van der Waals surface area (Å²) in [6, 6.07) is 4.86. The number of carbonyl (C=O) groups is 2. The number of hydrogen-bond donors (Lipinski definition) is 2. The zero-order valence-electron chi connectivity index (χ0n) is 11.1. The standard InChI is InChI=1S/C14H17FO5/c1-2-20-13(19)14(12(17)18,7-4-8-16)10-5-3-6-11(15)9-10/h3,5-6,9,16H,2,4,7-8H2,1H3,(H,17,18). The molecule has 1 aromatic carbocycles. The third-order valence-electron chi connectivity index (χ3n) is 3.02. The molecular weight excluding hydrogens is 267 g/mol. The maximum absolute atomic E-state index is 13.3. The van der Waals surface area contributed by atoms with E-state index in [-0.39, 0.29) is 31.6 Å². The lowest BCUT2D eigenvalue weighted by Crippen LogP contribution is -2.45. The van der Waals surface area contributed by atoms with Crippen LogP contribution in [0, 0.1) is 5.82 Å². The van der Waals surface area contributed by atoms with E-state index in [1.165, 1.54) is 12.1 Å². The van der Waals surface area contributed by atoms with Gasteiger partial charge in [0.1, 0.15) is 5.82 Å². The molecule has 1 unspecified atom stereocenters. The van der Waals surface area contributed by atoms with Crippen molar-refractivity contribution in [2.75, 3.05) is 13.2 Å². The van der Waals surface area contributed by atoms with E-state index < -0.39 is 23.2 Å². The van der Waals surface area contributed by atoms with Gasteiger partial charge in [-0.1, -0.05) is 12.1 Å². The fourth-order valence-electron chi connectivity index (χ4n) is 2.03. The summed E-state index contributed by atoms with van der Waals surface area (Å²) in [7, 11) is 0. The number of aliphatic hydroxyl groups excluding tert-OH is 1. The minimum absolute atomic E-state index is 0.0110. The fourth-order valence-corrected chi connectivity index (χ4v) is 2.03. The quantitative estimate of drug-likeness (QED) is 0.585. The molecule has 1 atom stereocenters. The van der Waals surface area contributed by atoms with Gasteiger partial charge in [-0.3, -0.25) is 9.59 Å². The predicted octanol–water partition coefficient (Wildman–Crippen LogP) is 1.48. The van der Waals surface area contributed by atoms with Crippen LogP contribution in [-0.4, -0.2) is 35.4 Å². The topological polar surface area (TPSA) is 83.8 Å². The third kappa shape index (κ3) is 3.14. The summed E-state index contributed by atoms with van der Waals surface area (Å²) < 4.78 is 18.2. The Bertz CT molecular complexity index is 488. The van der Waals surface area contributed by atoms with Crippen molar-refractivity contribution in [3.8, 4) is 0 Å². The summed E-state index contributed by atoms with van der Waals surface area (Å²) in [4.78, 5) is 23.8. The molecule has 1 aromatic rings. The number of hydrogen-bond acceptors (Lipinski definition) is 4. The molecule has 0 amide bonds. The normalized spacial score (nSPS) is 13.6. The number of aliphatic hydroxyl groups is 1. The molecule has 0 aromatic heterocycles. The lowest BCUT2D eigenvalue weighted by Gasteiger charge is -2.27. The number of rotatable bonds is 7. The highest BCUT2D eigenvalue weighted by molar-refractivity contribution is 6.05. The van der Waals surface area contributed by atoms with Crippen LogP contribution in [0.25, 0.3) is 0 Å². The van der Waals surface area contributed by atoms with Crippen LogP contribution in [0.3, 0.4) is 0 Å². The molecule has 20 heavy (non-hydrogen) atoms. The molecule has 0 aliphatic heterocycles. The van der Waals surface area contributed by atoms with E-state index in [0.717, 1.165) is 12.1 Å². The van der Waals surface area contributed by atoms with Crippen molar-refractivity contribution in [1.82, 2.24) is 0 Å². The highest BCUT2D eigenvalue weighted by atomic mass is 19.1. The second-order valence-corrected chi connectivity index (χ2v) is 4.27. The van der Waals surface area contributed by atoms with Crippen LogP contribution in [0.4, 0.5) is 4.39 Å². The first kappa shape index (κ1) is 16.1. The first-order valence-corrected chi connectivity index (χ1v) is 6.26. The van der Waals surface area contributed by atoms with E-state index in [0.29, 0.717) is 0 Å². The number of esters is 1. The fraction of sp³-hybridized carbons (Fsp3) is 0.429. The molecule has 0 bridgehead atoms. The highest BCUT2D eigenvalue weighted by Crippen LogP contribution is 2.32. The van der Waals surface area contributed by atoms with Crippen molar-refractivity contribution < 1.29 is 28.9 Å². The zero-order valence-corrected chi connectivity index (χ0v) is 11.1. The van der Waals surface area contributed by atoms with Crippen LogP contribution >= 0.6 is 0 Å². The second-order valence-electron chi connectivity index (χ2n) is 4.27. The molecule has 2 N–H and O–H groups in total. The minimum atomic E-state index is -2.00. The number of ether oxygens (including phenoxy) is 1. The highest BCUT2D eigenvalue weighted by Gasteiger charge is 2.49. The van der Waals surface area contributed by atoms with Gasteiger partial charge in [0.15, 0.2) is 5.41 Å². The van der Waals surface area contributed by atoms with Gasteiger partial charge in [-0.2, -0.15) is 0 Å². The average Bonchev–Trinajstić information content (AvgIpc) is 2.39. The lowest BCUT2D eigenvalue weighted by molar-refractivity contribution is -0.162. The summed E-state index contributed by atoms with van der Waals surface area (Å²) >= 11 is 0.